The predicted octanol–water partition coefficient (Wildman–Crippen LogP) is 0.949. The van der Waals surface area contributed by atoms with E-state index in [0.29, 0.717) is 17.6 Å². The minimum absolute atomic E-state index is 0. The van der Waals surface area contributed by atoms with E-state index in [4.69, 9.17) is 0 Å². The maximum Gasteiger partial charge on any atom is 0.141 e. The molecule has 0 aromatic carbocycles. The molecule has 3 heteroatoms. The maximum atomic E-state index is 11.3. The summed E-state index contributed by atoms with van der Waals surface area (Å²) in [6, 6.07) is 0. The van der Waals surface area contributed by atoms with Crippen molar-refractivity contribution in [2.75, 3.05) is 20.1 Å². The van der Waals surface area contributed by atoms with Crippen molar-refractivity contribution in [1.29, 1.82) is 0 Å². The maximum absolute atomic E-state index is 11.3. The molecule has 2 aliphatic rings. The smallest absolute Gasteiger partial charge is 0.141 e. The molecule has 0 N–H and O–H groups in total. The minimum atomic E-state index is 0. The number of halogens is 1. The van der Waals surface area contributed by atoms with Gasteiger partial charge in [0.2, 0.25) is 0 Å². The van der Waals surface area contributed by atoms with Crippen LogP contribution in [0.1, 0.15) is 12.8 Å². The summed E-state index contributed by atoms with van der Waals surface area (Å²) in [5, 5.41) is 0. The van der Waals surface area contributed by atoms with Gasteiger partial charge in [0.1, 0.15) is 5.78 Å². The first-order valence-electron chi connectivity index (χ1n) is 3.99. The average molecular weight is 176 g/mol. The summed E-state index contributed by atoms with van der Waals surface area (Å²) in [4.78, 5) is 13.6. The van der Waals surface area contributed by atoms with Crippen molar-refractivity contribution in [3.63, 3.8) is 0 Å². The van der Waals surface area contributed by atoms with Gasteiger partial charge in [-0.05, 0) is 19.9 Å². The molecule has 2 nitrogen and oxygen atoms in total. The fourth-order valence-electron chi connectivity index (χ4n) is 2.21. The first kappa shape index (κ1) is 9.01. The SMILES string of the molecule is CN1CC2CCC(C1)C2=O.Cl. The molecule has 1 aliphatic carbocycles. The van der Waals surface area contributed by atoms with Crippen LogP contribution in [0.4, 0.5) is 0 Å². The Labute approximate surface area is 73.4 Å². The van der Waals surface area contributed by atoms with Crippen molar-refractivity contribution in [1.82, 2.24) is 4.90 Å². The van der Waals surface area contributed by atoms with Crippen LogP contribution < -0.4 is 0 Å². The van der Waals surface area contributed by atoms with Crippen LogP contribution in [0, 0.1) is 11.8 Å². The lowest BCUT2D eigenvalue weighted by molar-refractivity contribution is -0.127. The third-order valence-electron chi connectivity index (χ3n) is 2.73. The number of nitrogens with zero attached hydrogens (tertiary/aromatic N) is 1. The van der Waals surface area contributed by atoms with Crippen molar-refractivity contribution in [3.05, 3.63) is 0 Å². The van der Waals surface area contributed by atoms with Crippen LogP contribution in [0.2, 0.25) is 0 Å². The summed E-state index contributed by atoms with van der Waals surface area (Å²) >= 11 is 0. The highest BCUT2D eigenvalue weighted by atomic mass is 35.5. The van der Waals surface area contributed by atoms with Crippen LogP contribution in [0.15, 0.2) is 0 Å². The highest BCUT2D eigenvalue weighted by molar-refractivity contribution is 5.86. The standard InChI is InChI=1S/C8H13NO.ClH/c1-9-4-6-2-3-7(5-9)8(6)10;/h6-7H,2-5H2,1H3;1H. The minimum Gasteiger partial charge on any atom is -0.305 e. The summed E-state index contributed by atoms with van der Waals surface area (Å²) < 4.78 is 0. The monoisotopic (exact) mass is 175 g/mol. The Kier molecular flexibility index (Phi) is 2.55. The van der Waals surface area contributed by atoms with Crippen LogP contribution in [0.25, 0.3) is 0 Å². The van der Waals surface area contributed by atoms with Gasteiger partial charge in [-0.2, -0.15) is 0 Å². The number of fused-ring (bicyclic) bond motifs is 2. The second kappa shape index (κ2) is 3.11. The molecule has 11 heavy (non-hydrogen) atoms. The van der Waals surface area contributed by atoms with Crippen molar-refractivity contribution in [2.24, 2.45) is 11.8 Å². The lowest BCUT2D eigenvalue weighted by atomic mass is 9.98. The highest BCUT2D eigenvalue weighted by Crippen LogP contribution is 2.32. The normalized spacial score (nSPS) is 37.0. The predicted molar refractivity (Wildman–Crippen MR) is 46.0 cm³/mol. The van der Waals surface area contributed by atoms with Crippen molar-refractivity contribution in [2.45, 2.75) is 12.8 Å². The van der Waals surface area contributed by atoms with E-state index in [2.05, 4.69) is 11.9 Å². The highest BCUT2D eigenvalue weighted by Gasteiger charge is 2.39. The molecule has 0 aromatic rings. The van der Waals surface area contributed by atoms with Crippen molar-refractivity contribution < 1.29 is 4.79 Å². The zero-order valence-corrected chi connectivity index (χ0v) is 7.56. The van der Waals surface area contributed by atoms with Gasteiger partial charge in [-0.15, -0.1) is 12.4 Å². The molecule has 1 aliphatic heterocycles. The Hall–Kier alpha value is -0.0800. The van der Waals surface area contributed by atoms with Gasteiger partial charge in [-0.3, -0.25) is 4.79 Å². The van der Waals surface area contributed by atoms with Gasteiger partial charge in [0.15, 0.2) is 0 Å². The molecule has 2 fully saturated rings. The molecule has 0 aromatic heterocycles. The first-order chi connectivity index (χ1) is 4.77. The van der Waals surface area contributed by atoms with E-state index in [1.165, 1.54) is 0 Å². The molecule has 2 bridgehead atoms. The second-order valence-electron chi connectivity index (χ2n) is 3.59. The van der Waals surface area contributed by atoms with Gasteiger partial charge in [-0.1, -0.05) is 0 Å². The Morgan fingerprint density at radius 3 is 2.18 bits per heavy atom. The lowest BCUT2D eigenvalue weighted by Crippen LogP contribution is -2.39. The largest absolute Gasteiger partial charge is 0.305 e. The zero-order valence-electron chi connectivity index (χ0n) is 6.75. The number of carbonyl (C=O) groups excluding carboxylic acids is 1. The molecule has 1 heterocycles. The Balaban J connectivity index is 0.000000605. The molecule has 64 valence electrons. The molecule has 0 amide bonds. The van der Waals surface area contributed by atoms with Crippen LogP contribution in [-0.2, 0) is 4.79 Å². The van der Waals surface area contributed by atoms with Crippen molar-refractivity contribution >= 4 is 18.2 Å². The van der Waals surface area contributed by atoms with E-state index in [-0.39, 0.29) is 12.4 Å². The second-order valence-corrected chi connectivity index (χ2v) is 3.59. The average Bonchev–Trinajstić information content (AvgIpc) is 2.20. The topological polar surface area (TPSA) is 20.3 Å². The summed E-state index contributed by atoms with van der Waals surface area (Å²) in [6.45, 7) is 2.02. The number of piperidine rings is 1. The first-order valence-corrected chi connectivity index (χ1v) is 3.99. The summed E-state index contributed by atoms with van der Waals surface area (Å²) in [5.74, 6) is 1.32. The Bertz CT molecular complexity index is 155. The van der Waals surface area contributed by atoms with Gasteiger partial charge >= 0.3 is 0 Å². The quantitative estimate of drug-likeness (QED) is 0.547. The summed E-state index contributed by atoms with van der Waals surface area (Å²) in [6.07, 6.45) is 2.29. The van der Waals surface area contributed by atoms with Crippen LogP contribution in [0.3, 0.4) is 0 Å². The lowest BCUT2D eigenvalue weighted by Gasteiger charge is -2.26. The van der Waals surface area contributed by atoms with Crippen LogP contribution in [0.5, 0.6) is 0 Å². The van der Waals surface area contributed by atoms with E-state index in [1.54, 1.807) is 0 Å². The zero-order chi connectivity index (χ0) is 7.14. The number of hydrogen-bond acceptors (Lipinski definition) is 2. The van der Waals surface area contributed by atoms with Gasteiger partial charge in [0, 0.05) is 24.9 Å². The number of rotatable bonds is 0. The van der Waals surface area contributed by atoms with E-state index in [0.717, 1.165) is 25.9 Å². The van der Waals surface area contributed by atoms with Crippen molar-refractivity contribution in [3.8, 4) is 0 Å². The molecule has 1 saturated carbocycles. The van der Waals surface area contributed by atoms with Gasteiger partial charge in [0.25, 0.3) is 0 Å². The third-order valence-corrected chi connectivity index (χ3v) is 2.73. The molecule has 2 atom stereocenters. The van der Waals surface area contributed by atoms with E-state index in [9.17, 15) is 4.79 Å². The molecule has 0 spiro atoms. The van der Waals surface area contributed by atoms with E-state index < -0.39 is 0 Å². The number of Topliss-reactive ketones (excluding diaryl/α,β-unsaturated/α-hetero) is 1. The number of likely N-dealkylation sites (tertiary alicyclic amines) is 1. The van der Waals surface area contributed by atoms with E-state index in [1.807, 2.05) is 0 Å². The van der Waals surface area contributed by atoms with Gasteiger partial charge in [0.05, 0.1) is 0 Å². The number of carbonyl (C=O) groups is 1. The molecular formula is C8H14ClNO. The Morgan fingerprint density at radius 1 is 1.27 bits per heavy atom. The molecule has 1 saturated heterocycles. The third kappa shape index (κ3) is 1.42. The van der Waals surface area contributed by atoms with Gasteiger partial charge < -0.3 is 4.90 Å². The fourth-order valence-corrected chi connectivity index (χ4v) is 2.21. The van der Waals surface area contributed by atoms with Gasteiger partial charge in [-0.25, -0.2) is 0 Å². The number of hydrogen-bond donors (Lipinski definition) is 0. The van der Waals surface area contributed by atoms with Crippen LogP contribution >= 0.6 is 12.4 Å². The Morgan fingerprint density at radius 2 is 1.73 bits per heavy atom. The molecule has 0 radical (unpaired) electrons. The fraction of sp³-hybridized carbons (Fsp3) is 0.875. The van der Waals surface area contributed by atoms with E-state index >= 15 is 0 Å². The van der Waals surface area contributed by atoms with Crippen LogP contribution in [-0.4, -0.2) is 30.8 Å². The number of ketones is 1. The molecule has 2 rings (SSSR count). The summed E-state index contributed by atoms with van der Waals surface area (Å²) in [5.41, 5.74) is 0. The summed E-state index contributed by atoms with van der Waals surface area (Å²) in [7, 11) is 2.11. The molecule has 2 unspecified atom stereocenters. The molecular weight excluding hydrogens is 162 g/mol.